The van der Waals surface area contributed by atoms with E-state index in [1.807, 2.05) is 18.2 Å². The predicted molar refractivity (Wildman–Crippen MR) is 64.4 cm³/mol. The molecule has 0 spiro atoms. The molecule has 1 rings (SSSR count). The molecule has 82 valence electrons. The number of ether oxygens (including phenoxy) is 1. The van der Waals surface area contributed by atoms with Gasteiger partial charge in [0.2, 0.25) is 0 Å². The maximum absolute atomic E-state index is 11.2. The van der Waals surface area contributed by atoms with Gasteiger partial charge in [-0.25, -0.2) is 4.79 Å². The van der Waals surface area contributed by atoms with Crippen molar-refractivity contribution in [1.29, 1.82) is 5.26 Å². The lowest BCUT2D eigenvalue weighted by atomic mass is 10.1. The molecule has 0 aliphatic heterocycles. The van der Waals surface area contributed by atoms with Crippen LogP contribution in [0.3, 0.4) is 0 Å². The van der Waals surface area contributed by atoms with Crippen LogP contribution in [0.2, 0.25) is 0 Å². The van der Waals surface area contributed by atoms with Crippen LogP contribution in [-0.4, -0.2) is 12.6 Å². The number of allylic oxidation sites excluding steroid dienone is 1. The molecular weight excluding hydrogens is 270 g/mol. The fourth-order valence-electron chi connectivity index (χ4n) is 1.11. The van der Waals surface area contributed by atoms with Gasteiger partial charge < -0.3 is 4.74 Å². The van der Waals surface area contributed by atoms with E-state index in [0.29, 0.717) is 17.7 Å². The van der Waals surface area contributed by atoms with Crippen LogP contribution in [0, 0.1) is 11.3 Å². The topological polar surface area (TPSA) is 50.1 Å². The molecule has 0 atom stereocenters. The molecule has 0 aliphatic carbocycles. The van der Waals surface area contributed by atoms with Crippen molar-refractivity contribution >= 4 is 27.5 Å². The van der Waals surface area contributed by atoms with E-state index in [4.69, 9.17) is 10.00 Å². The molecule has 0 amide bonds. The highest BCUT2D eigenvalue weighted by Crippen LogP contribution is 2.17. The Hall–Kier alpha value is -1.60. The molecular formula is C12H10BrNO2. The number of carbonyl (C=O) groups excluding carboxylic acids is 1. The summed E-state index contributed by atoms with van der Waals surface area (Å²) in [6, 6.07) is 9.12. The number of benzene rings is 1. The molecule has 0 saturated heterocycles. The zero-order valence-electron chi connectivity index (χ0n) is 8.74. The molecule has 0 heterocycles. The Morgan fingerprint density at radius 1 is 1.50 bits per heavy atom. The zero-order chi connectivity index (χ0) is 12.0. The van der Waals surface area contributed by atoms with Crippen LogP contribution in [0.15, 0.2) is 34.8 Å². The Balaban J connectivity index is 2.95. The molecule has 1 aromatic rings. The van der Waals surface area contributed by atoms with Gasteiger partial charge in [-0.05, 0) is 24.6 Å². The largest absolute Gasteiger partial charge is 0.463 e. The monoisotopic (exact) mass is 279 g/mol. The molecule has 0 bridgehead atoms. The third kappa shape index (κ3) is 3.52. The van der Waals surface area contributed by atoms with Gasteiger partial charge in [0.05, 0.1) is 12.2 Å². The number of carbonyl (C=O) groups is 1. The van der Waals surface area contributed by atoms with Gasteiger partial charge in [-0.3, -0.25) is 0 Å². The summed E-state index contributed by atoms with van der Waals surface area (Å²) in [5.41, 5.74) is 0.990. The first kappa shape index (κ1) is 12.5. The summed E-state index contributed by atoms with van der Waals surface area (Å²) in [5, 5.41) is 8.93. The van der Waals surface area contributed by atoms with Crippen molar-refractivity contribution in [2.75, 3.05) is 6.61 Å². The summed E-state index contributed by atoms with van der Waals surface area (Å²) >= 11 is 3.30. The summed E-state index contributed by atoms with van der Waals surface area (Å²) in [6.45, 7) is 2.02. The Labute approximate surface area is 102 Å². The van der Waals surface area contributed by atoms with Crippen molar-refractivity contribution in [3.05, 3.63) is 40.4 Å². The van der Waals surface area contributed by atoms with Crippen molar-refractivity contribution in [1.82, 2.24) is 0 Å². The van der Waals surface area contributed by atoms with Gasteiger partial charge in [0.15, 0.2) is 0 Å². The molecule has 0 saturated carbocycles. The second-order valence-electron chi connectivity index (χ2n) is 2.93. The van der Waals surface area contributed by atoms with Crippen LogP contribution in [0.5, 0.6) is 0 Å². The highest BCUT2D eigenvalue weighted by Gasteiger charge is 2.04. The molecule has 0 radical (unpaired) electrons. The maximum atomic E-state index is 11.2. The Bertz CT molecular complexity index is 443. The molecule has 0 fully saturated rings. The first-order valence-electron chi connectivity index (χ1n) is 4.72. The maximum Gasteiger partial charge on any atom is 0.332 e. The summed E-state index contributed by atoms with van der Waals surface area (Å²) in [7, 11) is 0. The zero-order valence-corrected chi connectivity index (χ0v) is 10.3. The first-order valence-corrected chi connectivity index (χ1v) is 5.51. The van der Waals surface area contributed by atoms with Crippen LogP contribution in [0.4, 0.5) is 0 Å². The molecule has 16 heavy (non-hydrogen) atoms. The molecule has 0 aliphatic rings. The van der Waals surface area contributed by atoms with Crippen molar-refractivity contribution in [2.45, 2.75) is 6.92 Å². The van der Waals surface area contributed by atoms with Gasteiger partial charge >= 0.3 is 5.97 Å². The SMILES string of the molecule is CCOC(=O)C=C(C#N)c1ccc(Br)cc1. The number of halogens is 1. The average molecular weight is 280 g/mol. The van der Waals surface area contributed by atoms with Gasteiger partial charge in [0, 0.05) is 10.5 Å². The van der Waals surface area contributed by atoms with E-state index < -0.39 is 5.97 Å². The second kappa shape index (κ2) is 6.09. The number of hydrogen-bond donors (Lipinski definition) is 0. The van der Waals surface area contributed by atoms with Gasteiger partial charge in [-0.15, -0.1) is 0 Å². The molecule has 0 unspecified atom stereocenters. The third-order valence-corrected chi connectivity index (χ3v) is 2.35. The van der Waals surface area contributed by atoms with Crippen LogP contribution in [-0.2, 0) is 9.53 Å². The lowest BCUT2D eigenvalue weighted by Gasteiger charge is -2.00. The normalized spacial score (nSPS) is 10.7. The summed E-state index contributed by atoms with van der Waals surface area (Å²) in [5.74, 6) is -0.498. The number of esters is 1. The number of rotatable bonds is 3. The Kier molecular flexibility index (Phi) is 4.74. The molecule has 1 aromatic carbocycles. The van der Waals surface area contributed by atoms with E-state index in [1.165, 1.54) is 6.08 Å². The van der Waals surface area contributed by atoms with Crippen LogP contribution >= 0.6 is 15.9 Å². The van der Waals surface area contributed by atoms with Crippen LogP contribution < -0.4 is 0 Å². The Morgan fingerprint density at radius 3 is 2.62 bits per heavy atom. The minimum atomic E-state index is -0.498. The number of nitriles is 1. The molecule has 0 aromatic heterocycles. The predicted octanol–water partition coefficient (Wildman–Crippen LogP) is 2.92. The summed E-state index contributed by atoms with van der Waals surface area (Å²) in [6.07, 6.45) is 1.20. The van der Waals surface area contributed by atoms with Gasteiger partial charge in [0.1, 0.15) is 6.07 Å². The van der Waals surface area contributed by atoms with Crippen molar-refractivity contribution in [3.8, 4) is 6.07 Å². The smallest absolute Gasteiger partial charge is 0.332 e. The van der Waals surface area contributed by atoms with E-state index >= 15 is 0 Å². The molecule has 4 heteroatoms. The number of hydrogen-bond acceptors (Lipinski definition) is 3. The lowest BCUT2D eigenvalue weighted by Crippen LogP contribution is -2.00. The minimum Gasteiger partial charge on any atom is -0.463 e. The fraction of sp³-hybridized carbons (Fsp3) is 0.167. The highest BCUT2D eigenvalue weighted by atomic mass is 79.9. The first-order chi connectivity index (χ1) is 7.67. The second-order valence-corrected chi connectivity index (χ2v) is 3.84. The Morgan fingerprint density at radius 2 is 2.12 bits per heavy atom. The van der Waals surface area contributed by atoms with Crippen molar-refractivity contribution < 1.29 is 9.53 Å². The van der Waals surface area contributed by atoms with Crippen molar-refractivity contribution in [3.63, 3.8) is 0 Å². The van der Waals surface area contributed by atoms with Crippen molar-refractivity contribution in [2.24, 2.45) is 0 Å². The van der Waals surface area contributed by atoms with E-state index in [9.17, 15) is 4.79 Å². The van der Waals surface area contributed by atoms with E-state index in [2.05, 4.69) is 15.9 Å². The van der Waals surface area contributed by atoms with E-state index in [0.717, 1.165) is 4.47 Å². The molecule has 0 N–H and O–H groups in total. The fourth-order valence-corrected chi connectivity index (χ4v) is 1.38. The third-order valence-electron chi connectivity index (χ3n) is 1.82. The van der Waals surface area contributed by atoms with E-state index in [-0.39, 0.29) is 0 Å². The quantitative estimate of drug-likeness (QED) is 0.486. The molecule has 3 nitrogen and oxygen atoms in total. The standard InChI is InChI=1S/C12H10BrNO2/c1-2-16-12(15)7-10(8-14)9-3-5-11(13)6-4-9/h3-7H,2H2,1H3. The van der Waals surface area contributed by atoms with Gasteiger partial charge in [0.25, 0.3) is 0 Å². The van der Waals surface area contributed by atoms with Gasteiger partial charge in [-0.2, -0.15) is 5.26 Å². The number of nitrogens with zero attached hydrogens (tertiary/aromatic N) is 1. The summed E-state index contributed by atoms with van der Waals surface area (Å²) < 4.78 is 5.66. The summed E-state index contributed by atoms with van der Waals surface area (Å²) in [4.78, 5) is 11.2. The lowest BCUT2D eigenvalue weighted by molar-refractivity contribution is -0.137. The van der Waals surface area contributed by atoms with Gasteiger partial charge in [-0.1, -0.05) is 28.1 Å². The minimum absolute atomic E-state index is 0.297. The van der Waals surface area contributed by atoms with Crippen LogP contribution in [0.25, 0.3) is 5.57 Å². The van der Waals surface area contributed by atoms with Crippen LogP contribution in [0.1, 0.15) is 12.5 Å². The highest BCUT2D eigenvalue weighted by molar-refractivity contribution is 9.10. The van der Waals surface area contributed by atoms with E-state index in [1.54, 1.807) is 19.1 Å². The average Bonchev–Trinajstić information content (AvgIpc) is 2.27.